The molecule has 0 radical (unpaired) electrons. The third-order valence-corrected chi connectivity index (χ3v) is 5.44. The van der Waals surface area contributed by atoms with Crippen LogP contribution in [-0.2, 0) is 19.9 Å². The smallest absolute Gasteiger partial charge is 0.274 e. The molecule has 1 aliphatic rings. The second kappa shape index (κ2) is 7.50. The van der Waals surface area contributed by atoms with E-state index >= 15 is 0 Å². The van der Waals surface area contributed by atoms with Crippen molar-refractivity contribution in [2.45, 2.75) is 39.2 Å². The van der Waals surface area contributed by atoms with Gasteiger partial charge in [-0.05, 0) is 33.1 Å². The summed E-state index contributed by atoms with van der Waals surface area (Å²) >= 11 is 0. The van der Waals surface area contributed by atoms with Crippen LogP contribution in [-0.4, -0.2) is 58.1 Å². The maximum absolute atomic E-state index is 13.0. The Morgan fingerprint density at radius 3 is 2.71 bits per heavy atom. The van der Waals surface area contributed by atoms with E-state index in [1.165, 1.54) is 11.0 Å². The standard InChI is InChI=1S/C20H25N5O3/c1-12(11-23(3)19(26)16-9-14(10-21)28-13(16)2)24(4)20(27)18-15-7-6-8-17(15)25(5)22-18/h9,12H,6-8,11H2,1-5H3. The van der Waals surface area contributed by atoms with Crippen molar-refractivity contribution < 1.29 is 14.0 Å². The molecule has 2 aromatic heterocycles. The van der Waals surface area contributed by atoms with Gasteiger partial charge in [0.05, 0.1) is 5.56 Å². The SMILES string of the molecule is Cc1oc(C#N)cc1C(=O)N(C)CC(C)N(C)C(=O)c1nn(C)c2c1CCC2. The fourth-order valence-electron chi connectivity index (χ4n) is 3.71. The molecule has 0 aliphatic heterocycles. The summed E-state index contributed by atoms with van der Waals surface area (Å²) in [5, 5.41) is 13.4. The van der Waals surface area contributed by atoms with Gasteiger partial charge < -0.3 is 14.2 Å². The molecule has 2 aromatic rings. The van der Waals surface area contributed by atoms with Crippen LogP contribution in [0.4, 0.5) is 0 Å². The van der Waals surface area contributed by atoms with Crippen LogP contribution in [0.1, 0.15) is 57.0 Å². The fourth-order valence-corrected chi connectivity index (χ4v) is 3.71. The summed E-state index contributed by atoms with van der Waals surface area (Å²) in [5.41, 5.74) is 3.07. The number of rotatable bonds is 5. The summed E-state index contributed by atoms with van der Waals surface area (Å²) in [6.45, 7) is 3.90. The lowest BCUT2D eigenvalue weighted by Crippen LogP contribution is -2.44. The number of aryl methyl sites for hydroxylation is 2. The lowest BCUT2D eigenvalue weighted by Gasteiger charge is -2.28. The summed E-state index contributed by atoms with van der Waals surface area (Å²) < 4.78 is 7.05. The number of hydrogen-bond donors (Lipinski definition) is 0. The number of amides is 2. The largest absolute Gasteiger partial charge is 0.450 e. The minimum atomic E-state index is -0.242. The number of carbonyl (C=O) groups excluding carboxylic acids is 2. The number of fused-ring (bicyclic) bond motifs is 1. The molecule has 0 bridgehead atoms. The van der Waals surface area contributed by atoms with Gasteiger partial charge in [-0.2, -0.15) is 10.4 Å². The van der Waals surface area contributed by atoms with E-state index in [4.69, 9.17) is 9.68 Å². The molecule has 0 fully saturated rings. The molecule has 1 atom stereocenters. The average Bonchev–Trinajstić information content (AvgIpc) is 3.36. The van der Waals surface area contributed by atoms with E-state index in [2.05, 4.69) is 5.10 Å². The monoisotopic (exact) mass is 383 g/mol. The number of hydrogen-bond acceptors (Lipinski definition) is 5. The van der Waals surface area contributed by atoms with Crippen LogP contribution in [0.15, 0.2) is 10.5 Å². The lowest BCUT2D eigenvalue weighted by molar-refractivity contribution is 0.0646. The number of likely N-dealkylation sites (N-methyl/N-ethyl adjacent to an activating group) is 2. The number of nitrogens with zero attached hydrogens (tertiary/aromatic N) is 5. The van der Waals surface area contributed by atoms with Gasteiger partial charge in [0.25, 0.3) is 11.8 Å². The molecule has 1 aliphatic carbocycles. The minimum absolute atomic E-state index is 0.110. The second-order valence-corrected chi connectivity index (χ2v) is 7.39. The van der Waals surface area contributed by atoms with E-state index in [9.17, 15) is 9.59 Å². The molecule has 2 heterocycles. The Kier molecular flexibility index (Phi) is 5.27. The van der Waals surface area contributed by atoms with Gasteiger partial charge in [0.15, 0.2) is 5.69 Å². The summed E-state index contributed by atoms with van der Waals surface area (Å²) in [6.07, 6.45) is 2.88. The molecular formula is C20H25N5O3. The van der Waals surface area contributed by atoms with Crippen LogP contribution in [0.25, 0.3) is 0 Å². The Labute approximate surface area is 164 Å². The third kappa shape index (κ3) is 3.40. The number of nitriles is 1. The maximum Gasteiger partial charge on any atom is 0.274 e. The van der Waals surface area contributed by atoms with Crippen molar-refractivity contribution in [3.63, 3.8) is 0 Å². The van der Waals surface area contributed by atoms with Crippen molar-refractivity contribution in [1.82, 2.24) is 19.6 Å². The zero-order valence-electron chi connectivity index (χ0n) is 16.9. The first-order chi connectivity index (χ1) is 13.2. The van der Waals surface area contributed by atoms with Gasteiger partial charge in [-0.15, -0.1) is 0 Å². The predicted octanol–water partition coefficient (Wildman–Crippen LogP) is 1.91. The van der Waals surface area contributed by atoms with E-state index in [1.807, 2.05) is 20.0 Å². The molecule has 0 N–H and O–H groups in total. The zero-order valence-corrected chi connectivity index (χ0v) is 16.9. The number of aromatic nitrogens is 2. The second-order valence-electron chi connectivity index (χ2n) is 7.39. The van der Waals surface area contributed by atoms with Gasteiger partial charge in [0, 0.05) is 51.1 Å². The number of furan rings is 1. The highest BCUT2D eigenvalue weighted by atomic mass is 16.3. The summed E-state index contributed by atoms with van der Waals surface area (Å²) in [6, 6.07) is 3.14. The molecular weight excluding hydrogens is 358 g/mol. The van der Waals surface area contributed by atoms with Gasteiger partial charge in [-0.3, -0.25) is 14.3 Å². The van der Waals surface area contributed by atoms with Crippen LogP contribution in [0.5, 0.6) is 0 Å². The van der Waals surface area contributed by atoms with E-state index in [0.717, 1.165) is 30.5 Å². The third-order valence-electron chi connectivity index (χ3n) is 5.44. The Morgan fingerprint density at radius 2 is 2.07 bits per heavy atom. The summed E-state index contributed by atoms with van der Waals surface area (Å²) in [7, 11) is 5.28. The van der Waals surface area contributed by atoms with E-state index in [1.54, 1.807) is 30.6 Å². The van der Waals surface area contributed by atoms with Gasteiger partial charge in [0.2, 0.25) is 5.76 Å². The van der Waals surface area contributed by atoms with Gasteiger partial charge >= 0.3 is 0 Å². The predicted molar refractivity (Wildman–Crippen MR) is 102 cm³/mol. The van der Waals surface area contributed by atoms with Crippen LogP contribution < -0.4 is 0 Å². The summed E-state index contributed by atoms with van der Waals surface area (Å²) in [4.78, 5) is 28.8. The van der Waals surface area contributed by atoms with E-state index < -0.39 is 0 Å². The Bertz CT molecular complexity index is 965. The first-order valence-corrected chi connectivity index (χ1v) is 9.32. The highest BCUT2D eigenvalue weighted by Gasteiger charge is 2.29. The summed E-state index contributed by atoms with van der Waals surface area (Å²) in [5.74, 6) is 0.153. The Balaban J connectivity index is 1.70. The average molecular weight is 383 g/mol. The van der Waals surface area contributed by atoms with Crippen LogP contribution in [0, 0.1) is 18.3 Å². The van der Waals surface area contributed by atoms with E-state index in [0.29, 0.717) is 23.6 Å². The molecule has 0 aromatic carbocycles. The quantitative estimate of drug-likeness (QED) is 0.786. The Morgan fingerprint density at radius 1 is 1.36 bits per heavy atom. The molecule has 0 saturated heterocycles. The lowest BCUT2D eigenvalue weighted by atomic mass is 10.1. The van der Waals surface area contributed by atoms with Crippen molar-refractivity contribution in [3.8, 4) is 6.07 Å². The van der Waals surface area contributed by atoms with Crippen LogP contribution in [0.3, 0.4) is 0 Å². The van der Waals surface area contributed by atoms with Gasteiger partial charge in [0.1, 0.15) is 11.8 Å². The Hall–Kier alpha value is -3.08. The van der Waals surface area contributed by atoms with Crippen molar-refractivity contribution in [1.29, 1.82) is 5.26 Å². The van der Waals surface area contributed by atoms with Crippen LogP contribution in [0.2, 0.25) is 0 Å². The van der Waals surface area contributed by atoms with E-state index in [-0.39, 0.29) is 23.6 Å². The van der Waals surface area contributed by atoms with Crippen molar-refractivity contribution in [2.75, 3.05) is 20.6 Å². The molecule has 8 heteroatoms. The molecule has 3 rings (SSSR count). The van der Waals surface area contributed by atoms with Gasteiger partial charge in [-0.1, -0.05) is 0 Å². The topological polar surface area (TPSA) is 95.4 Å². The first kappa shape index (κ1) is 19.7. The molecule has 28 heavy (non-hydrogen) atoms. The van der Waals surface area contributed by atoms with Crippen molar-refractivity contribution in [3.05, 3.63) is 40.1 Å². The number of carbonyl (C=O) groups is 2. The maximum atomic E-state index is 13.0. The molecule has 2 amide bonds. The molecule has 8 nitrogen and oxygen atoms in total. The molecule has 0 saturated carbocycles. The van der Waals surface area contributed by atoms with Crippen LogP contribution >= 0.6 is 0 Å². The normalized spacial score (nSPS) is 13.7. The highest BCUT2D eigenvalue weighted by Crippen LogP contribution is 2.25. The van der Waals surface area contributed by atoms with Crippen molar-refractivity contribution >= 4 is 11.8 Å². The van der Waals surface area contributed by atoms with Crippen molar-refractivity contribution in [2.24, 2.45) is 7.05 Å². The highest BCUT2D eigenvalue weighted by molar-refractivity contribution is 5.96. The minimum Gasteiger partial charge on any atom is -0.450 e. The molecule has 0 spiro atoms. The zero-order chi connectivity index (χ0) is 20.6. The fraction of sp³-hybridized carbons (Fsp3) is 0.500. The first-order valence-electron chi connectivity index (χ1n) is 9.32. The molecule has 1 unspecified atom stereocenters. The molecule has 148 valence electrons. The van der Waals surface area contributed by atoms with Gasteiger partial charge in [-0.25, -0.2) is 0 Å².